The Kier molecular flexibility index (Phi) is 8.66. The predicted molar refractivity (Wildman–Crippen MR) is 122 cm³/mol. The van der Waals surface area contributed by atoms with Crippen molar-refractivity contribution in [2.75, 3.05) is 19.8 Å². The zero-order valence-electron chi connectivity index (χ0n) is 19.1. The second-order valence-electron chi connectivity index (χ2n) is 9.18. The molecule has 2 aliphatic rings. The van der Waals surface area contributed by atoms with Crippen molar-refractivity contribution in [1.82, 2.24) is 10.2 Å². The molecule has 1 saturated carbocycles. The first kappa shape index (κ1) is 24.2. The van der Waals surface area contributed by atoms with Gasteiger partial charge in [0, 0.05) is 13.1 Å². The van der Waals surface area contributed by atoms with Gasteiger partial charge in [-0.25, -0.2) is 0 Å². The number of nitrogens with one attached hydrogen (secondary N) is 1. The second kappa shape index (κ2) is 11.4. The maximum Gasteiger partial charge on any atom is 0.239 e. The average molecular weight is 441 g/mol. The molecule has 1 heterocycles. The van der Waals surface area contributed by atoms with Gasteiger partial charge in [0.25, 0.3) is 0 Å². The molecule has 3 N–H and O–H groups in total. The van der Waals surface area contributed by atoms with Crippen LogP contribution in [-0.2, 0) is 20.7 Å². The Hall–Kier alpha value is -2.43. The molecule has 1 aliphatic carbocycles. The summed E-state index contributed by atoms with van der Waals surface area (Å²) in [6, 6.07) is 9.04. The van der Waals surface area contributed by atoms with Crippen LogP contribution in [-0.4, -0.2) is 48.7 Å². The molecule has 32 heavy (non-hydrogen) atoms. The zero-order chi connectivity index (χ0) is 23.0. The average Bonchev–Trinajstić information content (AvgIpc) is 2.84. The van der Waals surface area contributed by atoms with Gasteiger partial charge in [-0.15, -0.1) is 0 Å². The Balaban J connectivity index is 1.67. The predicted octanol–water partition coefficient (Wildman–Crippen LogP) is 2.87. The molecule has 0 aromatic heterocycles. The van der Waals surface area contributed by atoms with E-state index in [0.29, 0.717) is 44.3 Å². The van der Waals surface area contributed by atoms with Crippen molar-refractivity contribution in [3.63, 3.8) is 0 Å². The van der Waals surface area contributed by atoms with Gasteiger partial charge < -0.3 is 20.7 Å². The van der Waals surface area contributed by atoms with Crippen LogP contribution in [0.5, 0.6) is 0 Å². The first-order valence-electron chi connectivity index (χ1n) is 11.9. The number of rotatable bonds is 8. The summed E-state index contributed by atoms with van der Waals surface area (Å²) in [6.45, 7) is 3.16. The van der Waals surface area contributed by atoms with Crippen LogP contribution in [0.2, 0.25) is 0 Å². The lowest BCUT2D eigenvalue weighted by Crippen LogP contribution is -2.54. The number of likely N-dealkylation sites (tertiary alicyclic amines) is 1. The van der Waals surface area contributed by atoms with E-state index >= 15 is 0 Å². The van der Waals surface area contributed by atoms with Gasteiger partial charge in [0.2, 0.25) is 11.8 Å². The van der Waals surface area contributed by atoms with Crippen LogP contribution in [0.3, 0.4) is 0 Å². The molecule has 0 radical (unpaired) electrons. The number of nitrogens with two attached hydrogens (primary N) is 1. The largest absolute Gasteiger partial charge is 0.358 e. The normalized spacial score (nSPS) is 19.7. The number of hydrogen-bond acceptors (Lipinski definition) is 5. The van der Waals surface area contributed by atoms with Crippen LogP contribution in [0, 0.1) is 16.7 Å². The number of benzene rings is 1. The minimum absolute atomic E-state index is 0.0236. The molecule has 1 aromatic rings. The summed E-state index contributed by atoms with van der Waals surface area (Å²) < 4.78 is 5.93. The molecular formula is C25H36N4O3. The van der Waals surface area contributed by atoms with E-state index in [-0.39, 0.29) is 24.6 Å². The number of piperidine rings is 1. The van der Waals surface area contributed by atoms with Crippen LogP contribution in [0.1, 0.15) is 69.4 Å². The monoisotopic (exact) mass is 440 g/mol. The number of carbonyl (C=O) groups is 2. The van der Waals surface area contributed by atoms with Gasteiger partial charge in [0.15, 0.2) is 0 Å². The number of hydrogen-bond donors (Lipinski definition) is 2. The highest BCUT2D eigenvalue weighted by molar-refractivity contribution is 5.85. The van der Waals surface area contributed by atoms with E-state index in [4.69, 9.17) is 15.7 Å². The summed E-state index contributed by atoms with van der Waals surface area (Å²) in [6.07, 6.45) is 8.29. The summed E-state index contributed by atoms with van der Waals surface area (Å²) >= 11 is 0. The van der Waals surface area contributed by atoms with Gasteiger partial charge >= 0.3 is 0 Å². The fourth-order valence-electron chi connectivity index (χ4n) is 4.78. The first-order chi connectivity index (χ1) is 15.5. The standard InChI is InChI=1S/C25H36N4O3/c1-2-22(27)23(30)29-14-12-25(13-15-29,16-19-8-10-20(17-26)11-9-19)24(31)28-18-32-21-6-4-3-5-7-21/h8-11,21-22H,2-7,12-16,18,27H2,1H3,(H,28,31)/t22-/m0/s1. The summed E-state index contributed by atoms with van der Waals surface area (Å²) in [5.41, 5.74) is 6.95. The number of amides is 2. The molecule has 7 heteroatoms. The minimum Gasteiger partial charge on any atom is -0.358 e. The van der Waals surface area contributed by atoms with E-state index in [1.807, 2.05) is 19.1 Å². The van der Waals surface area contributed by atoms with Gasteiger partial charge in [-0.05, 0) is 56.2 Å². The lowest BCUT2D eigenvalue weighted by Gasteiger charge is -2.41. The zero-order valence-corrected chi connectivity index (χ0v) is 19.1. The summed E-state index contributed by atoms with van der Waals surface area (Å²) in [5, 5.41) is 12.1. The van der Waals surface area contributed by atoms with Crippen molar-refractivity contribution < 1.29 is 14.3 Å². The molecule has 7 nitrogen and oxygen atoms in total. The molecule has 3 rings (SSSR count). The number of ether oxygens (including phenoxy) is 1. The van der Waals surface area contributed by atoms with Crippen molar-refractivity contribution in [2.24, 2.45) is 11.1 Å². The van der Waals surface area contributed by atoms with E-state index in [1.54, 1.807) is 17.0 Å². The molecule has 1 aromatic carbocycles. The Morgan fingerprint density at radius 3 is 2.47 bits per heavy atom. The van der Waals surface area contributed by atoms with E-state index < -0.39 is 11.5 Å². The molecule has 2 fully saturated rings. The lowest BCUT2D eigenvalue weighted by molar-refractivity contribution is -0.142. The molecule has 0 spiro atoms. The molecule has 1 atom stereocenters. The van der Waals surface area contributed by atoms with E-state index in [9.17, 15) is 9.59 Å². The van der Waals surface area contributed by atoms with Crippen molar-refractivity contribution in [3.05, 3.63) is 35.4 Å². The SMILES string of the molecule is CC[C@H](N)C(=O)N1CCC(Cc2ccc(C#N)cc2)(C(=O)NCOC2CCCCC2)CC1. The van der Waals surface area contributed by atoms with Gasteiger partial charge in [0.05, 0.1) is 29.2 Å². The fraction of sp³-hybridized carbons (Fsp3) is 0.640. The summed E-state index contributed by atoms with van der Waals surface area (Å²) in [5.74, 6) is -0.0647. The van der Waals surface area contributed by atoms with E-state index in [1.165, 1.54) is 19.3 Å². The molecular weight excluding hydrogens is 404 g/mol. The first-order valence-corrected chi connectivity index (χ1v) is 11.9. The highest BCUT2D eigenvalue weighted by Gasteiger charge is 2.42. The Labute approximate surface area is 191 Å². The third kappa shape index (κ3) is 6.08. The smallest absolute Gasteiger partial charge is 0.239 e. The van der Waals surface area contributed by atoms with Crippen LogP contribution in [0.4, 0.5) is 0 Å². The van der Waals surface area contributed by atoms with Gasteiger partial charge in [0.1, 0.15) is 6.73 Å². The topological polar surface area (TPSA) is 108 Å². The van der Waals surface area contributed by atoms with Gasteiger partial charge in [-0.2, -0.15) is 5.26 Å². The molecule has 2 amide bonds. The highest BCUT2D eigenvalue weighted by atomic mass is 16.5. The van der Waals surface area contributed by atoms with Crippen LogP contribution in [0.25, 0.3) is 0 Å². The number of nitrogens with zero attached hydrogens (tertiary/aromatic N) is 2. The van der Waals surface area contributed by atoms with E-state index in [2.05, 4.69) is 11.4 Å². The van der Waals surface area contributed by atoms with Crippen molar-refractivity contribution >= 4 is 11.8 Å². The molecule has 1 saturated heterocycles. The van der Waals surface area contributed by atoms with Crippen LogP contribution < -0.4 is 11.1 Å². The Morgan fingerprint density at radius 1 is 1.22 bits per heavy atom. The third-order valence-electron chi connectivity index (χ3n) is 7.00. The van der Waals surface area contributed by atoms with E-state index in [0.717, 1.165) is 18.4 Å². The quantitative estimate of drug-likeness (QED) is 0.604. The Morgan fingerprint density at radius 2 is 1.88 bits per heavy atom. The molecule has 1 aliphatic heterocycles. The molecule has 0 bridgehead atoms. The van der Waals surface area contributed by atoms with Gasteiger partial charge in [-0.1, -0.05) is 38.3 Å². The van der Waals surface area contributed by atoms with Crippen LogP contribution >= 0.6 is 0 Å². The van der Waals surface area contributed by atoms with Gasteiger partial charge in [-0.3, -0.25) is 9.59 Å². The molecule has 0 unspecified atom stereocenters. The number of carbonyl (C=O) groups excluding carboxylic acids is 2. The minimum atomic E-state index is -0.614. The maximum atomic E-state index is 13.4. The summed E-state index contributed by atoms with van der Waals surface area (Å²) in [7, 11) is 0. The molecule has 174 valence electrons. The maximum absolute atomic E-state index is 13.4. The third-order valence-corrected chi connectivity index (χ3v) is 7.00. The number of nitriles is 1. The summed E-state index contributed by atoms with van der Waals surface area (Å²) in [4.78, 5) is 27.7. The fourth-order valence-corrected chi connectivity index (χ4v) is 4.78. The van der Waals surface area contributed by atoms with Crippen molar-refractivity contribution in [3.8, 4) is 6.07 Å². The lowest BCUT2D eigenvalue weighted by atomic mass is 9.72. The Bertz CT molecular complexity index is 803. The highest BCUT2D eigenvalue weighted by Crippen LogP contribution is 2.36. The van der Waals surface area contributed by atoms with Crippen molar-refractivity contribution in [2.45, 2.75) is 76.9 Å². The van der Waals surface area contributed by atoms with Crippen molar-refractivity contribution in [1.29, 1.82) is 5.26 Å². The second-order valence-corrected chi connectivity index (χ2v) is 9.18. The van der Waals surface area contributed by atoms with Crippen LogP contribution in [0.15, 0.2) is 24.3 Å².